The van der Waals surface area contributed by atoms with Crippen LogP contribution in [0.3, 0.4) is 0 Å². The molecule has 0 bridgehead atoms. The van der Waals surface area contributed by atoms with Crippen LogP contribution < -0.4 is 0 Å². The number of halogens is 1. The molecule has 0 aliphatic heterocycles. The van der Waals surface area contributed by atoms with Crippen molar-refractivity contribution in [1.29, 1.82) is 0 Å². The van der Waals surface area contributed by atoms with Crippen molar-refractivity contribution >= 4 is 17.6 Å². The van der Waals surface area contributed by atoms with E-state index in [1.54, 1.807) is 0 Å². The smallest absolute Gasteiger partial charge is 0.309 e. The predicted molar refractivity (Wildman–Crippen MR) is 71.9 cm³/mol. The third kappa shape index (κ3) is 2.24. The molecule has 2 aromatic rings. The first-order chi connectivity index (χ1) is 9.15. The molecule has 1 aromatic carbocycles. The average Bonchev–Trinajstić information content (AvgIpc) is 2.94. The lowest BCUT2D eigenvalue weighted by Crippen LogP contribution is -2.05. The maximum Gasteiger partial charge on any atom is 0.309 e. The van der Waals surface area contributed by atoms with Gasteiger partial charge < -0.3 is 5.11 Å². The highest BCUT2D eigenvalue weighted by molar-refractivity contribution is 6.30. The van der Waals surface area contributed by atoms with E-state index in [1.165, 1.54) is 0 Å². The maximum absolute atomic E-state index is 10.9. The number of aliphatic carboxylic acids is 1. The van der Waals surface area contributed by atoms with E-state index in [2.05, 4.69) is 5.10 Å². The standard InChI is InChI=1S/C14H13ClN2O2/c15-9-4-6-10(7-5-9)17-13-3-1-2-11(13)12(16-17)8-14(18)19/h4-7H,1-3,8H2,(H,18,19). The monoisotopic (exact) mass is 276 g/mol. The lowest BCUT2D eigenvalue weighted by Gasteiger charge is -2.05. The van der Waals surface area contributed by atoms with Crippen LogP contribution in [-0.4, -0.2) is 20.9 Å². The number of carboxylic acids is 1. The van der Waals surface area contributed by atoms with Gasteiger partial charge in [0, 0.05) is 10.7 Å². The van der Waals surface area contributed by atoms with Gasteiger partial charge in [0.25, 0.3) is 0 Å². The Bertz CT molecular complexity index is 632. The molecule has 0 radical (unpaired) electrons. The Morgan fingerprint density at radius 2 is 2.05 bits per heavy atom. The Morgan fingerprint density at radius 3 is 2.74 bits per heavy atom. The highest BCUT2D eigenvalue weighted by Crippen LogP contribution is 2.28. The molecule has 3 rings (SSSR count). The lowest BCUT2D eigenvalue weighted by atomic mass is 10.1. The van der Waals surface area contributed by atoms with Gasteiger partial charge in [-0.05, 0) is 49.1 Å². The van der Waals surface area contributed by atoms with Gasteiger partial charge in [0.1, 0.15) is 0 Å². The number of benzene rings is 1. The van der Waals surface area contributed by atoms with Gasteiger partial charge in [-0.3, -0.25) is 4.79 Å². The van der Waals surface area contributed by atoms with E-state index in [0.29, 0.717) is 10.7 Å². The van der Waals surface area contributed by atoms with Crippen LogP contribution in [0.4, 0.5) is 0 Å². The van der Waals surface area contributed by atoms with Crippen molar-refractivity contribution in [3.05, 3.63) is 46.2 Å². The second kappa shape index (κ2) is 4.70. The van der Waals surface area contributed by atoms with Crippen LogP contribution in [0.1, 0.15) is 23.4 Å². The second-order valence-electron chi connectivity index (χ2n) is 4.68. The summed E-state index contributed by atoms with van der Waals surface area (Å²) in [5, 5.41) is 14.1. The highest BCUT2D eigenvalue weighted by atomic mass is 35.5. The molecule has 19 heavy (non-hydrogen) atoms. The SMILES string of the molecule is O=C(O)Cc1nn(-c2ccc(Cl)cc2)c2c1CCC2. The van der Waals surface area contributed by atoms with E-state index in [1.807, 2.05) is 28.9 Å². The summed E-state index contributed by atoms with van der Waals surface area (Å²) >= 11 is 5.88. The van der Waals surface area contributed by atoms with E-state index in [-0.39, 0.29) is 6.42 Å². The fraction of sp³-hybridized carbons (Fsp3) is 0.286. The fourth-order valence-corrected chi connectivity index (χ4v) is 2.72. The Kier molecular flexibility index (Phi) is 3.03. The van der Waals surface area contributed by atoms with E-state index >= 15 is 0 Å². The molecule has 0 saturated heterocycles. The number of rotatable bonds is 3. The Hall–Kier alpha value is -1.81. The van der Waals surface area contributed by atoms with Crippen LogP contribution >= 0.6 is 11.6 Å². The first-order valence-electron chi connectivity index (χ1n) is 6.22. The molecule has 1 heterocycles. The van der Waals surface area contributed by atoms with Crippen LogP contribution in [0.15, 0.2) is 24.3 Å². The quantitative estimate of drug-likeness (QED) is 0.938. The maximum atomic E-state index is 10.9. The number of aromatic nitrogens is 2. The van der Waals surface area contributed by atoms with Gasteiger partial charge in [0.05, 0.1) is 17.8 Å². The molecule has 1 aliphatic carbocycles. The summed E-state index contributed by atoms with van der Waals surface area (Å²) in [7, 11) is 0. The summed E-state index contributed by atoms with van der Waals surface area (Å²) in [6, 6.07) is 7.44. The van der Waals surface area contributed by atoms with Gasteiger partial charge in [0.2, 0.25) is 0 Å². The van der Waals surface area contributed by atoms with Gasteiger partial charge in [-0.25, -0.2) is 4.68 Å². The Morgan fingerprint density at radius 1 is 1.32 bits per heavy atom. The minimum absolute atomic E-state index is 0.0110. The van der Waals surface area contributed by atoms with Crippen molar-refractivity contribution in [2.45, 2.75) is 25.7 Å². The molecule has 98 valence electrons. The summed E-state index contributed by atoms with van der Waals surface area (Å²) in [6.45, 7) is 0. The lowest BCUT2D eigenvalue weighted by molar-refractivity contribution is -0.136. The molecule has 5 heteroatoms. The summed E-state index contributed by atoms with van der Waals surface area (Å²) < 4.78 is 1.86. The largest absolute Gasteiger partial charge is 0.481 e. The van der Waals surface area contributed by atoms with Crippen LogP contribution in [0.25, 0.3) is 5.69 Å². The highest BCUT2D eigenvalue weighted by Gasteiger charge is 2.24. The van der Waals surface area contributed by atoms with Gasteiger partial charge >= 0.3 is 5.97 Å². The molecule has 0 unspecified atom stereocenters. The normalized spacial score (nSPS) is 13.5. The van der Waals surface area contributed by atoms with Crippen LogP contribution in [0, 0.1) is 0 Å². The molecule has 0 atom stereocenters. The molecular weight excluding hydrogens is 264 g/mol. The van der Waals surface area contributed by atoms with Gasteiger partial charge in [-0.15, -0.1) is 0 Å². The first kappa shape index (κ1) is 12.2. The summed E-state index contributed by atoms with van der Waals surface area (Å²) in [4.78, 5) is 10.9. The number of hydrogen-bond acceptors (Lipinski definition) is 2. The number of nitrogens with zero attached hydrogens (tertiary/aromatic N) is 2. The zero-order valence-electron chi connectivity index (χ0n) is 10.3. The molecule has 1 aromatic heterocycles. The van der Waals surface area contributed by atoms with E-state index in [9.17, 15) is 4.79 Å². The second-order valence-corrected chi connectivity index (χ2v) is 5.12. The predicted octanol–water partition coefficient (Wildman–Crippen LogP) is 2.64. The molecular formula is C14H13ClN2O2. The van der Waals surface area contributed by atoms with Crippen molar-refractivity contribution in [3.63, 3.8) is 0 Å². The third-order valence-corrected chi connectivity index (χ3v) is 3.66. The van der Waals surface area contributed by atoms with E-state index < -0.39 is 5.97 Å². The Labute approximate surface area is 115 Å². The number of hydrogen-bond donors (Lipinski definition) is 1. The number of carboxylic acid groups (broad SMARTS) is 1. The van der Waals surface area contributed by atoms with Crippen molar-refractivity contribution in [3.8, 4) is 5.69 Å². The summed E-state index contributed by atoms with van der Waals surface area (Å²) in [5.41, 5.74) is 3.87. The van der Waals surface area contributed by atoms with Crippen LogP contribution in [-0.2, 0) is 24.1 Å². The van der Waals surface area contributed by atoms with Gasteiger partial charge in [-0.2, -0.15) is 5.10 Å². The Balaban J connectivity index is 2.07. The molecule has 1 aliphatic rings. The number of carbonyl (C=O) groups is 1. The molecule has 0 fully saturated rings. The first-order valence-corrected chi connectivity index (χ1v) is 6.60. The van der Waals surface area contributed by atoms with E-state index in [0.717, 1.165) is 36.2 Å². The third-order valence-electron chi connectivity index (χ3n) is 3.40. The zero-order valence-corrected chi connectivity index (χ0v) is 11.0. The minimum atomic E-state index is -0.838. The van der Waals surface area contributed by atoms with Crippen LogP contribution in [0.5, 0.6) is 0 Å². The van der Waals surface area contributed by atoms with Crippen molar-refractivity contribution in [2.24, 2.45) is 0 Å². The zero-order chi connectivity index (χ0) is 13.4. The van der Waals surface area contributed by atoms with Crippen LogP contribution in [0.2, 0.25) is 5.02 Å². The summed E-state index contributed by atoms with van der Waals surface area (Å²) in [6.07, 6.45) is 2.92. The minimum Gasteiger partial charge on any atom is -0.481 e. The van der Waals surface area contributed by atoms with Crippen molar-refractivity contribution in [1.82, 2.24) is 9.78 Å². The fourth-order valence-electron chi connectivity index (χ4n) is 2.59. The van der Waals surface area contributed by atoms with Crippen molar-refractivity contribution in [2.75, 3.05) is 0 Å². The number of fused-ring (bicyclic) bond motifs is 1. The van der Waals surface area contributed by atoms with Gasteiger partial charge in [-0.1, -0.05) is 11.6 Å². The molecule has 1 N–H and O–H groups in total. The van der Waals surface area contributed by atoms with Crippen molar-refractivity contribution < 1.29 is 9.90 Å². The topological polar surface area (TPSA) is 55.1 Å². The molecule has 4 nitrogen and oxygen atoms in total. The molecule has 0 amide bonds. The summed E-state index contributed by atoms with van der Waals surface area (Å²) in [5.74, 6) is -0.838. The van der Waals surface area contributed by atoms with E-state index in [4.69, 9.17) is 16.7 Å². The molecule has 0 saturated carbocycles. The van der Waals surface area contributed by atoms with Gasteiger partial charge in [0.15, 0.2) is 0 Å². The average molecular weight is 277 g/mol. The molecule has 0 spiro atoms.